The van der Waals surface area contributed by atoms with Crippen LogP contribution in [-0.4, -0.2) is 0 Å². The van der Waals surface area contributed by atoms with Gasteiger partial charge in [-0.1, -0.05) is 172 Å². The van der Waals surface area contributed by atoms with Gasteiger partial charge in [0, 0.05) is 39.3 Å². The third-order valence-electron chi connectivity index (χ3n) is 14.1. The quantitative estimate of drug-likeness (QED) is 0.155. The second-order valence-electron chi connectivity index (χ2n) is 18.1. The van der Waals surface area contributed by atoms with Crippen molar-refractivity contribution in [2.75, 3.05) is 4.90 Å². The molecule has 1 aromatic heterocycles. The molecule has 0 fully saturated rings. The van der Waals surface area contributed by atoms with Crippen LogP contribution in [0.1, 0.15) is 25.0 Å². The summed E-state index contributed by atoms with van der Waals surface area (Å²) in [6, 6.07) is 82.0. The van der Waals surface area contributed by atoms with Gasteiger partial charge in [0.25, 0.3) is 0 Å². The molecule has 1 aliphatic carbocycles. The van der Waals surface area contributed by atoms with Crippen LogP contribution in [0.5, 0.6) is 0 Å². The minimum Gasteiger partial charge on any atom is -0.456 e. The van der Waals surface area contributed by atoms with E-state index in [0.29, 0.717) is 0 Å². The molecule has 11 aromatic carbocycles. The van der Waals surface area contributed by atoms with Gasteiger partial charge < -0.3 is 9.32 Å². The zero-order valence-electron chi connectivity index (χ0n) is 36.2. The van der Waals surface area contributed by atoms with Crippen LogP contribution in [-0.2, 0) is 5.41 Å². The summed E-state index contributed by atoms with van der Waals surface area (Å²) in [5.41, 5.74) is 17.5. The van der Waals surface area contributed by atoms with Crippen LogP contribution < -0.4 is 4.90 Å². The van der Waals surface area contributed by atoms with Crippen molar-refractivity contribution in [3.8, 4) is 44.5 Å². The normalized spacial score (nSPS) is 12.9. The number of furan rings is 1. The highest BCUT2D eigenvalue weighted by Gasteiger charge is 2.35. The van der Waals surface area contributed by atoms with Crippen molar-refractivity contribution in [2.24, 2.45) is 0 Å². The van der Waals surface area contributed by atoms with Crippen LogP contribution in [0.25, 0.3) is 98.8 Å². The van der Waals surface area contributed by atoms with Gasteiger partial charge in [-0.25, -0.2) is 0 Å². The Kier molecular flexibility index (Phi) is 8.29. The Hall–Kier alpha value is -8.20. The third-order valence-corrected chi connectivity index (χ3v) is 14.1. The largest absolute Gasteiger partial charge is 0.456 e. The lowest BCUT2D eigenvalue weighted by atomic mass is 9.81. The van der Waals surface area contributed by atoms with Gasteiger partial charge in [-0.15, -0.1) is 0 Å². The topological polar surface area (TPSA) is 16.4 Å². The predicted molar refractivity (Wildman–Crippen MR) is 275 cm³/mol. The summed E-state index contributed by atoms with van der Waals surface area (Å²) in [6.45, 7) is 4.74. The lowest BCUT2D eigenvalue weighted by molar-refractivity contribution is 0.661. The molecule has 306 valence electrons. The molecule has 0 saturated carbocycles. The molecule has 0 unspecified atom stereocenters. The third kappa shape index (κ3) is 5.95. The molecular formula is C63H43NO. The van der Waals surface area contributed by atoms with E-state index in [1.165, 1.54) is 88.0 Å². The number of anilines is 3. The Morgan fingerprint density at radius 1 is 0.292 bits per heavy atom. The van der Waals surface area contributed by atoms with Gasteiger partial charge in [0.05, 0.1) is 0 Å². The first-order valence-corrected chi connectivity index (χ1v) is 22.6. The number of hydrogen-bond donors (Lipinski definition) is 0. The van der Waals surface area contributed by atoms with Crippen LogP contribution in [0.15, 0.2) is 229 Å². The molecule has 12 aromatic rings. The number of nitrogens with zero attached hydrogens (tertiary/aromatic N) is 1. The van der Waals surface area contributed by atoms with Crippen molar-refractivity contribution in [1.29, 1.82) is 0 Å². The summed E-state index contributed by atoms with van der Waals surface area (Å²) in [4.78, 5) is 2.33. The van der Waals surface area contributed by atoms with E-state index in [9.17, 15) is 0 Å². The molecule has 0 aliphatic heterocycles. The fourth-order valence-electron chi connectivity index (χ4n) is 10.7. The van der Waals surface area contributed by atoms with Gasteiger partial charge in [-0.3, -0.25) is 0 Å². The molecule has 0 atom stereocenters. The summed E-state index contributed by atoms with van der Waals surface area (Å²) in [7, 11) is 0. The molecule has 0 bridgehead atoms. The van der Waals surface area contributed by atoms with Crippen molar-refractivity contribution in [3.63, 3.8) is 0 Å². The highest BCUT2D eigenvalue weighted by Crippen LogP contribution is 2.51. The van der Waals surface area contributed by atoms with Gasteiger partial charge in [0.1, 0.15) is 11.2 Å². The highest BCUT2D eigenvalue weighted by molar-refractivity contribution is 6.26. The van der Waals surface area contributed by atoms with Crippen molar-refractivity contribution in [3.05, 3.63) is 236 Å². The van der Waals surface area contributed by atoms with Crippen molar-refractivity contribution in [1.82, 2.24) is 0 Å². The predicted octanol–water partition coefficient (Wildman–Crippen LogP) is 17.8. The van der Waals surface area contributed by atoms with Crippen LogP contribution in [0.3, 0.4) is 0 Å². The Balaban J connectivity index is 0.897. The molecule has 0 N–H and O–H groups in total. The van der Waals surface area contributed by atoms with Crippen molar-refractivity contribution < 1.29 is 4.42 Å². The molecule has 2 nitrogen and oxygen atoms in total. The van der Waals surface area contributed by atoms with E-state index < -0.39 is 0 Å². The van der Waals surface area contributed by atoms with E-state index >= 15 is 0 Å². The Labute approximate surface area is 378 Å². The lowest BCUT2D eigenvalue weighted by Crippen LogP contribution is -2.14. The molecule has 0 radical (unpaired) electrons. The highest BCUT2D eigenvalue weighted by atomic mass is 16.3. The van der Waals surface area contributed by atoms with E-state index in [0.717, 1.165) is 39.0 Å². The summed E-state index contributed by atoms with van der Waals surface area (Å²) in [5, 5.41) is 10.0. The SMILES string of the molecule is CC1(C)c2ccccc2-c2cc3c4ccccc4c4cc(-c5ccc(N(c6ccc(-c7ccc(-c8ccccc8)cc7)cc6)c6ccc7c(c6)oc6ccccc67)cc5)ccc4c3cc21. The van der Waals surface area contributed by atoms with Gasteiger partial charge in [-0.2, -0.15) is 0 Å². The molecule has 13 rings (SSSR count). The molecular weight excluding hydrogens is 787 g/mol. The second-order valence-corrected chi connectivity index (χ2v) is 18.1. The number of hydrogen-bond acceptors (Lipinski definition) is 2. The van der Waals surface area contributed by atoms with E-state index in [1.54, 1.807) is 0 Å². The molecule has 1 aliphatic rings. The number of para-hydroxylation sites is 1. The van der Waals surface area contributed by atoms with Crippen LogP contribution in [0, 0.1) is 0 Å². The molecule has 0 spiro atoms. The van der Waals surface area contributed by atoms with E-state index in [2.05, 4.69) is 231 Å². The first-order chi connectivity index (χ1) is 32.0. The maximum absolute atomic E-state index is 6.42. The van der Waals surface area contributed by atoms with Crippen molar-refractivity contribution in [2.45, 2.75) is 19.3 Å². The summed E-state index contributed by atoms with van der Waals surface area (Å²) in [5.74, 6) is 0. The zero-order valence-corrected chi connectivity index (χ0v) is 36.2. The Morgan fingerprint density at radius 3 is 1.45 bits per heavy atom. The minimum atomic E-state index is -0.0669. The molecule has 65 heavy (non-hydrogen) atoms. The van der Waals surface area contributed by atoms with E-state index in [1.807, 2.05) is 12.1 Å². The van der Waals surface area contributed by atoms with Gasteiger partial charge in [0.15, 0.2) is 0 Å². The van der Waals surface area contributed by atoms with Gasteiger partial charge in [-0.05, 0) is 149 Å². The second kappa shape index (κ2) is 14.4. The van der Waals surface area contributed by atoms with Crippen LogP contribution in [0.2, 0.25) is 0 Å². The summed E-state index contributed by atoms with van der Waals surface area (Å²) >= 11 is 0. The number of rotatable bonds is 6. The van der Waals surface area contributed by atoms with Gasteiger partial charge >= 0.3 is 0 Å². The average molecular weight is 830 g/mol. The average Bonchev–Trinajstić information content (AvgIpc) is 3.85. The standard InChI is InChI=1S/C63H43NO/c1-63(2)59-18-10-8-16-52(59)58-38-56-50-15-7-6-14-49(50)55-36-45(28-34-51(55)57(56)39-60(58)63)44-26-31-47(32-27-44)64(48-33-35-54-53-17-9-11-19-61(53)65-62(54)37-48)46-29-24-43(25-30-46)42-22-20-41(21-23-42)40-12-4-3-5-13-40/h3-39H,1-2H3. The first-order valence-electron chi connectivity index (χ1n) is 22.6. The Bertz CT molecular complexity index is 3820. The zero-order chi connectivity index (χ0) is 43.2. The number of fused-ring (bicyclic) bond motifs is 12. The maximum Gasteiger partial charge on any atom is 0.137 e. The Morgan fingerprint density at radius 2 is 0.754 bits per heavy atom. The first kappa shape index (κ1) is 37.4. The lowest BCUT2D eigenvalue weighted by Gasteiger charge is -2.26. The fraction of sp³-hybridized carbons (Fsp3) is 0.0476. The minimum absolute atomic E-state index is 0.0669. The maximum atomic E-state index is 6.42. The van der Waals surface area contributed by atoms with E-state index in [-0.39, 0.29) is 5.41 Å². The smallest absolute Gasteiger partial charge is 0.137 e. The molecule has 0 amide bonds. The summed E-state index contributed by atoms with van der Waals surface area (Å²) < 4.78 is 6.42. The van der Waals surface area contributed by atoms with Gasteiger partial charge in [0.2, 0.25) is 0 Å². The fourth-order valence-corrected chi connectivity index (χ4v) is 10.7. The monoisotopic (exact) mass is 829 g/mol. The summed E-state index contributed by atoms with van der Waals surface area (Å²) in [6.07, 6.45) is 0. The molecule has 0 saturated heterocycles. The van der Waals surface area contributed by atoms with Crippen LogP contribution in [0.4, 0.5) is 17.1 Å². The molecule has 2 heteroatoms. The molecule has 1 heterocycles. The van der Waals surface area contributed by atoms with E-state index in [4.69, 9.17) is 4.42 Å². The number of benzene rings is 11. The van der Waals surface area contributed by atoms with Crippen molar-refractivity contribution >= 4 is 71.3 Å². The van der Waals surface area contributed by atoms with Crippen LogP contribution >= 0.6 is 0 Å².